The van der Waals surface area contributed by atoms with Crippen molar-refractivity contribution in [3.05, 3.63) is 36.7 Å². The fourth-order valence-electron chi connectivity index (χ4n) is 2.06. The number of nitrogen functional groups attached to an aromatic ring is 1. The normalized spacial score (nSPS) is 14.3. The Morgan fingerprint density at radius 1 is 1.14 bits per heavy atom. The molecule has 0 atom stereocenters. The van der Waals surface area contributed by atoms with E-state index in [1.54, 1.807) is 28.0 Å². The fourth-order valence-corrected chi connectivity index (χ4v) is 2.06. The lowest BCUT2D eigenvalue weighted by Gasteiger charge is -2.06. The van der Waals surface area contributed by atoms with Crippen LogP contribution < -0.4 is 11.3 Å². The van der Waals surface area contributed by atoms with Gasteiger partial charge in [0.1, 0.15) is 6.33 Å². The molecule has 9 nitrogen and oxygen atoms in total. The Balaban J connectivity index is 1.77. The monoisotopic (exact) mass is 283 g/mol. The summed E-state index contributed by atoms with van der Waals surface area (Å²) < 4.78 is 3.31. The summed E-state index contributed by atoms with van der Waals surface area (Å²) >= 11 is 0. The molecule has 0 amide bonds. The molecule has 1 fully saturated rings. The number of nitrogens with one attached hydrogen (secondary N) is 1. The summed E-state index contributed by atoms with van der Waals surface area (Å²) in [5, 5.41) is 4.51. The van der Waals surface area contributed by atoms with Crippen LogP contribution in [0.25, 0.3) is 11.9 Å². The molecule has 4 rings (SSSR count). The average molecular weight is 283 g/mol. The zero-order valence-corrected chi connectivity index (χ0v) is 11.1. The van der Waals surface area contributed by atoms with Crippen molar-refractivity contribution in [2.45, 2.75) is 18.8 Å². The Kier molecular flexibility index (Phi) is 2.64. The lowest BCUT2D eigenvalue weighted by atomic mass is 10.3. The van der Waals surface area contributed by atoms with Crippen molar-refractivity contribution in [3.8, 4) is 11.9 Å². The van der Waals surface area contributed by atoms with Gasteiger partial charge in [0, 0.05) is 24.5 Å². The summed E-state index contributed by atoms with van der Waals surface area (Å²) in [5.74, 6) is 7.11. The van der Waals surface area contributed by atoms with E-state index in [4.69, 9.17) is 5.84 Å². The second-order valence-electron chi connectivity index (χ2n) is 4.83. The molecule has 0 aromatic carbocycles. The minimum Gasteiger partial charge on any atom is -0.292 e. The van der Waals surface area contributed by atoms with Gasteiger partial charge >= 0.3 is 0 Å². The third-order valence-corrected chi connectivity index (χ3v) is 3.29. The van der Waals surface area contributed by atoms with Gasteiger partial charge in [-0.05, 0) is 18.9 Å². The largest absolute Gasteiger partial charge is 0.292 e. The van der Waals surface area contributed by atoms with Crippen LogP contribution in [0.4, 0.5) is 5.95 Å². The minimum atomic E-state index is 0.271. The van der Waals surface area contributed by atoms with Crippen molar-refractivity contribution in [1.82, 2.24) is 34.3 Å². The van der Waals surface area contributed by atoms with Gasteiger partial charge in [0.25, 0.3) is 5.95 Å². The van der Waals surface area contributed by atoms with Crippen molar-refractivity contribution in [2.75, 3.05) is 5.43 Å². The van der Waals surface area contributed by atoms with E-state index < -0.39 is 0 Å². The molecule has 0 radical (unpaired) electrons. The van der Waals surface area contributed by atoms with Crippen LogP contribution in [0, 0.1) is 0 Å². The Labute approximate surface area is 119 Å². The number of imidazole rings is 1. The zero-order chi connectivity index (χ0) is 14.2. The molecule has 3 N–H and O–H groups in total. The van der Waals surface area contributed by atoms with Crippen LogP contribution in [-0.2, 0) is 0 Å². The third-order valence-electron chi connectivity index (χ3n) is 3.29. The number of hydrogen-bond acceptors (Lipinski definition) is 7. The number of nitrogens with two attached hydrogens (primary N) is 1. The first-order valence-corrected chi connectivity index (χ1v) is 6.60. The van der Waals surface area contributed by atoms with E-state index in [1.807, 2.05) is 12.3 Å². The van der Waals surface area contributed by atoms with Gasteiger partial charge in [0.15, 0.2) is 0 Å². The molecule has 0 saturated heterocycles. The van der Waals surface area contributed by atoms with Gasteiger partial charge in [-0.3, -0.25) is 9.99 Å². The first-order valence-electron chi connectivity index (χ1n) is 6.60. The Morgan fingerprint density at radius 2 is 2.00 bits per heavy atom. The second kappa shape index (κ2) is 4.63. The molecule has 3 heterocycles. The maximum Gasteiger partial charge on any atom is 0.257 e. The molecule has 9 heteroatoms. The van der Waals surface area contributed by atoms with E-state index in [2.05, 4.69) is 30.5 Å². The van der Waals surface area contributed by atoms with Gasteiger partial charge in [-0.2, -0.15) is 20.1 Å². The SMILES string of the molecule is NNc1nc(-n2ccnc2)nc(-n2ccc(C3CC3)n2)n1. The Bertz CT molecular complexity index is 757. The van der Waals surface area contributed by atoms with E-state index >= 15 is 0 Å². The van der Waals surface area contributed by atoms with E-state index in [0.717, 1.165) is 5.69 Å². The molecule has 1 aliphatic rings. The highest BCUT2D eigenvalue weighted by Gasteiger charge is 2.26. The molecule has 21 heavy (non-hydrogen) atoms. The molecule has 0 bridgehead atoms. The van der Waals surface area contributed by atoms with Gasteiger partial charge in [-0.15, -0.1) is 0 Å². The molecule has 1 saturated carbocycles. The molecule has 0 aliphatic heterocycles. The smallest absolute Gasteiger partial charge is 0.257 e. The van der Waals surface area contributed by atoms with Crippen LogP contribution in [-0.4, -0.2) is 34.3 Å². The number of hydrogen-bond donors (Lipinski definition) is 2. The van der Waals surface area contributed by atoms with Crippen molar-refractivity contribution in [2.24, 2.45) is 5.84 Å². The highest BCUT2D eigenvalue weighted by Crippen LogP contribution is 2.38. The molecule has 3 aromatic rings. The molecular weight excluding hydrogens is 270 g/mol. The van der Waals surface area contributed by atoms with Crippen molar-refractivity contribution < 1.29 is 0 Å². The minimum absolute atomic E-state index is 0.271. The van der Waals surface area contributed by atoms with Crippen molar-refractivity contribution in [3.63, 3.8) is 0 Å². The lowest BCUT2D eigenvalue weighted by molar-refractivity contribution is 0.758. The number of anilines is 1. The van der Waals surface area contributed by atoms with Gasteiger partial charge in [-0.25, -0.2) is 15.5 Å². The Hall–Kier alpha value is -2.81. The van der Waals surface area contributed by atoms with Crippen molar-refractivity contribution in [1.29, 1.82) is 0 Å². The summed E-state index contributed by atoms with van der Waals surface area (Å²) in [7, 11) is 0. The molecule has 3 aromatic heterocycles. The summed E-state index contributed by atoms with van der Waals surface area (Å²) in [5.41, 5.74) is 3.52. The van der Waals surface area contributed by atoms with E-state index in [-0.39, 0.29) is 5.95 Å². The van der Waals surface area contributed by atoms with Crippen LogP contribution in [0.2, 0.25) is 0 Å². The molecule has 0 unspecified atom stereocenters. The topological polar surface area (TPSA) is 112 Å². The maximum absolute atomic E-state index is 5.43. The highest BCUT2D eigenvalue weighted by atomic mass is 15.4. The Morgan fingerprint density at radius 3 is 2.71 bits per heavy atom. The standard InChI is InChI=1S/C12H13N9/c13-18-10-15-11(20-6-4-14-7-20)17-12(16-10)21-5-3-9(19-21)8-1-2-8/h3-8H,1-2,13H2,(H,15,16,17,18). The van der Waals surface area contributed by atoms with Crippen LogP contribution in [0.15, 0.2) is 31.0 Å². The summed E-state index contributed by atoms with van der Waals surface area (Å²) in [6.07, 6.45) is 9.25. The van der Waals surface area contributed by atoms with Crippen molar-refractivity contribution >= 4 is 5.95 Å². The van der Waals surface area contributed by atoms with Crippen LogP contribution in [0.1, 0.15) is 24.5 Å². The fraction of sp³-hybridized carbons (Fsp3) is 0.250. The zero-order valence-electron chi connectivity index (χ0n) is 11.1. The second-order valence-corrected chi connectivity index (χ2v) is 4.83. The van der Waals surface area contributed by atoms with E-state index in [9.17, 15) is 0 Å². The quantitative estimate of drug-likeness (QED) is 0.526. The third kappa shape index (κ3) is 2.23. The highest BCUT2D eigenvalue weighted by molar-refractivity contribution is 5.32. The molecule has 0 spiro atoms. The maximum atomic E-state index is 5.43. The molecule has 1 aliphatic carbocycles. The van der Waals surface area contributed by atoms with Gasteiger partial charge in [0.05, 0.1) is 5.69 Å². The summed E-state index contributed by atoms with van der Waals surface area (Å²) in [6, 6.07) is 1.99. The molecular formula is C12H13N9. The number of nitrogens with zero attached hydrogens (tertiary/aromatic N) is 7. The van der Waals surface area contributed by atoms with E-state index in [0.29, 0.717) is 17.8 Å². The predicted molar refractivity (Wildman–Crippen MR) is 73.9 cm³/mol. The lowest BCUT2D eigenvalue weighted by Crippen LogP contribution is -2.16. The van der Waals surface area contributed by atoms with Gasteiger partial charge in [-0.1, -0.05) is 0 Å². The first-order chi connectivity index (χ1) is 10.3. The number of aromatic nitrogens is 7. The molecule has 106 valence electrons. The summed E-state index contributed by atoms with van der Waals surface area (Å²) in [6.45, 7) is 0. The predicted octanol–water partition coefficient (Wildman–Crippen LogP) is 0.406. The number of rotatable bonds is 4. The summed E-state index contributed by atoms with van der Waals surface area (Å²) in [4.78, 5) is 16.8. The van der Waals surface area contributed by atoms with Gasteiger partial charge in [0.2, 0.25) is 11.9 Å². The van der Waals surface area contributed by atoms with Crippen LogP contribution >= 0.6 is 0 Å². The van der Waals surface area contributed by atoms with Crippen LogP contribution in [0.5, 0.6) is 0 Å². The average Bonchev–Trinajstić information content (AvgIpc) is 3.05. The van der Waals surface area contributed by atoms with Gasteiger partial charge < -0.3 is 0 Å². The number of hydrazine groups is 1. The van der Waals surface area contributed by atoms with E-state index in [1.165, 1.54) is 12.8 Å². The van der Waals surface area contributed by atoms with Crippen LogP contribution in [0.3, 0.4) is 0 Å². The first kappa shape index (κ1) is 12.0.